The lowest BCUT2D eigenvalue weighted by Crippen LogP contribution is -2.06. The quantitative estimate of drug-likeness (QED) is 0.599. The van der Waals surface area contributed by atoms with Gasteiger partial charge >= 0.3 is 8.60 Å². The van der Waals surface area contributed by atoms with Crippen molar-refractivity contribution < 1.29 is 19.0 Å². The van der Waals surface area contributed by atoms with Crippen molar-refractivity contribution in [1.29, 1.82) is 0 Å². The Bertz CT molecular complexity index is 352. The molecule has 2 N–H and O–H groups in total. The highest BCUT2D eigenvalue weighted by Gasteiger charge is 2.15. The highest BCUT2D eigenvalue weighted by Crippen LogP contribution is 2.35. The number of hydrogen-bond acceptors (Lipinski definition) is 4. The predicted molar refractivity (Wildman–Crippen MR) is 83.9 cm³/mol. The summed E-state index contributed by atoms with van der Waals surface area (Å²) < 4.78 is 10.2. The molecule has 4 nitrogen and oxygen atoms in total. The van der Waals surface area contributed by atoms with Gasteiger partial charge in [-0.1, -0.05) is 59.7 Å². The Morgan fingerprint density at radius 3 is 1.80 bits per heavy atom. The molecule has 0 bridgehead atoms. The monoisotopic (exact) mass is 302 g/mol. The van der Waals surface area contributed by atoms with Crippen molar-refractivity contribution in [1.82, 2.24) is 0 Å². The normalized spacial score (nSPS) is 10.8. The Labute approximate surface area is 123 Å². The van der Waals surface area contributed by atoms with E-state index in [2.05, 4.69) is 32.2 Å². The highest BCUT2D eigenvalue weighted by molar-refractivity contribution is 7.39. The van der Waals surface area contributed by atoms with Gasteiger partial charge in [0.15, 0.2) is 6.79 Å². The summed E-state index contributed by atoms with van der Waals surface area (Å²) in [6.07, 6.45) is 0. The van der Waals surface area contributed by atoms with Crippen LogP contribution in [0.3, 0.4) is 0 Å². The van der Waals surface area contributed by atoms with Gasteiger partial charge in [-0.15, -0.1) is 0 Å². The molecule has 20 heavy (non-hydrogen) atoms. The molecule has 0 heterocycles. The molecule has 1 rings (SSSR count). The Balaban J connectivity index is 0.00000172. The summed E-state index contributed by atoms with van der Waals surface area (Å²) in [7, 11) is -2.37. The molecule has 0 aliphatic rings. The summed E-state index contributed by atoms with van der Waals surface area (Å²) in [5.41, 5.74) is 2.20. The van der Waals surface area contributed by atoms with Gasteiger partial charge in [-0.3, -0.25) is 4.52 Å². The van der Waals surface area contributed by atoms with Crippen LogP contribution in [0.4, 0.5) is 0 Å². The molecule has 0 amide bonds. The molecule has 0 atom stereocenters. The number of ether oxygens (including phenoxy) is 1. The third-order valence-electron chi connectivity index (χ3n) is 2.69. The summed E-state index contributed by atoms with van der Waals surface area (Å²) in [6.45, 7) is 12.2. The van der Waals surface area contributed by atoms with Gasteiger partial charge in [0, 0.05) is 0 Å². The second-order valence-corrected chi connectivity index (χ2v) is 5.48. The zero-order valence-corrected chi connectivity index (χ0v) is 14.1. The van der Waals surface area contributed by atoms with Gasteiger partial charge in [0.1, 0.15) is 5.75 Å². The van der Waals surface area contributed by atoms with Gasteiger partial charge in [0.2, 0.25) is 0 Å². The molecule has 0 aliphatic carbocycles. The first-order valence-electron chi connectivity index (χ1n) is 6.99. The smallest absolute Gasteiger partial charge is 0.330 e. The third-order valence-corrected chi connectivity index (χ3v) is 3.03. The van der Waals surface area contributed by atoms with Crippen LogP contribution in [0.1, 0.15) is 64.5 Å². The average molecular weight is 302 g/mol. The molecule has 1 aromatic carbocycles. The van der Waals surface area contributed by atoms with Crippen molar-refractivity contribution in [2.45, 2.75) is 53.4 Å². The minimum atomic E-state index is -2.37. The summed E-state index contributed by atoms with van der Waals surface area (Å²) in [4.78, 5) is 17.4. The van der Waals surface area contributed by atoms with Gasteiger partial charge < -0.3 is 14.5 Å². The molecule has 1 aromatic rings. The van der Waals surface area contributed by atoms with Crippen LogP contribution in [0.5, 0.6) is 5.75 Å². The molecule has 0 fully saturated rings. The van der Waals surface area contributed by atoms with E-state index < -0.39 is 8.60 Å². The van der Waals surface area contributed by atoms with E-state index in [9.17, 15) is 0 Å². The predicted octanol–water partition coefficient (Wildman–Crippen LogP) is 4.52. The van der Waals surface area contributed by atoms with E-state index in [1.54, 1.807) is 0 Å². The maximum Gasteiger partial charge on any atom is 0.330 e. The van der Waals surface area contributed by atoms with Crippen molar-refractivity contribution in [3.8, 4) is 5.75 Å². The van der Waals surface area contributed by atoms with E-state index in [0.29, 0.717) is 11.8 Å². The van der Waals surface area contributed by atoms with Crippen molar-refractivity contribution in [3.05, 3.63) is 29.3 Å². The molecule has 0 aliphatic heterocycles. The third kappa shape index (κ3) is 6.19. The van der Waals surface area contributed by atoms with E-state index in [0.717, 1.165) is 16.9 Å². The van der Waals surface area contributed by atoms with Gasteiger partial charge in [-0.25, -0.2) is 0 Å². The molecule has 116 valence electrons. The zero-order chi connectivity index (χ0) is 15.7. The Kier molecular flexibility index (Phi) is 9.78. The van der Waals surface area contributed by atoms with Crippen LogP contribution in [0.25, 0.3) is 0 Å². The molecule has 0 radical (unpaired) electrons. The molecular formula is C15H27O4P. The van der Waals surface area contributed by atoms with E-state index in [4.69, 9.17) is 14.5 Å². The Hall–Kier alpha value is -0.670. The topological polar surface area (TPSA) is 58.9 Å². The van der Waals surface area contributed by atoms with Crippen molar-refractivity contribution >= 4 is 8.60 Å². The number of para-hydroxylation sites is 1. The van der Waals surface area contributed by atoms with Gasteiger partial charge in [-0.05, 0) is 23.0 Å². The lowest BCUT2D eigenvalue weighted by atomic mass is 9.94. The number of rotatable bonds is 6. The van der Waals surface area contributed by atoms with E-state index >= 15 is 0 Å². The molecule has 0 saturated carbocycles. The van der Waals surface area contributed by atoms with Crippen LogP contribution < -0.4 is 4.74 Å². The van der Waals surface area contributed by atoms with Crippen LogP contribution in [0.15, 0.2) is 18.2 Å². The van der Waals surface area contributed by atoms with Crippen molar-refractivity contribution in [3.63, 3.8) is 0 Å². The van der Waals surface area contributed by atoms with Crippen LogP contribution >= 0.6 is 8.60 Å². The molecule has 0 saturated heterocycles. The van der Waals surface area contributed by atoms with Crippen LogP contribution in [0, 0.1) is 0 Å². The second kappa shape index (κ2) is 10.1. The minimum absolute atomic E-state index is 0.151. The number of benzene rings is 1. The molecular weight excluding hydrogens is 275 g/mol. The first-order chi connectivity index (χ1) is 9.43. The lowest BCUT2D eigenvalue weighted by molar-refractivity contribution is 0.102. The highest BCUT2D eigenvalue weighted by atomic mass is 31.2. The molecule has 0 unspecified atom stereocenters. The van der Waals surface area contributed by atoms with E-state index in [-0.39, 0.29) is 6.79 Å². The van der Waals surface area contributed by atoms with Crippen LogP contribution in [0.2, 0.25) is 0 Å². The first-order valence-corrected chi connectivity index (χ1v) is 8.16. The first kappa shape index (κ1) is 19.3. The average Bonchev–Trinajstić information content (AvgIpc) is 2.40. The molecule has 0 spiro atoms. The summed E-state index contributed by atoms with van der Waals surface area (Å²) in [6, 6.07) is 6.06. The molecule has 0 aromatic heterocycles. The zero-order valence-electron chi connectivity index (χ0n) is 13.3. The standard InChI is InChI=1S/C13H21O4P.C2H6/c1-9(2)11-6-5-7-12(10(3)4)13(11)16-8-17-18(14)15;1-2/h5-7,9-10,14-15H,8H2,1-4H3;1-2H3. The van der Waals surface area contributed by atoms with Gasteiger partial charge in [-0.2, -0.15) is 0 Å². The Morgan fingerprint density at radius 1 is 1.00 bits per heavy atom. The van der Waals surface area contributed by atoms with Crippen LogP contribution in [-0.4, -0.2) is 16.6 Å². The summed E-state index contributed by atoms with van der Waals surface area (Å²) in [5, 5.41) is 0. The number of hydrogen-bond donors (Lipinski definition) is 2. The van der Waals surface area contributed by atoms with E-state index in [1.165, 1.54) is 0 Å². The largest absolute Gasteiger partial charge is 0.466 e. The maximum absolute atomic E-state index is 8.71. The SMILES string of the molecule is CC.CC(C)c1cccc(C(C)C)c1OCOP(O)O. The maximum atomic E-state index is 8.71. The minimum Gasteiger partial charge on any atom is -0.466 e. The van der Waals surface area contributed by atoms with Crippen LogP contribution in [-0.2, 0) is 4.52 Å². The summed E-state index contributed by atoms with van der Waals surface area (Å²) >= 11 is 0. The fraction of sp³-hybridized carbons (Fsp3) is 0.600. The Morgan fingerprint density at radius 2 is 1.45 bits per heavy atom. The van der Waals surface area contributed by atoms with Gasteiger partial charge in [0.05, 0.1) is 0 Å². The van der Waals surface area contributed by atoms with E-state index in [1.807, 2.05) is 32.0 Å². The fourth-order valence-electron chi connectivity index (χ4n) is 1.78. The van der Waals surface area contributed by atoms with Gasteiger partial charge in [0.25, 0.3) is 0 Å². The molecule has 5 heteroatoms. The fourth-order valence-corrected chi connectivity index (χ4v) is 1.93. The van der Waals surface area contributed by atoms with Crippen molar-refractivity contribution in [2.75, 3.05) is 6.79 Å². The van der Waals surface area contributed by atoms with Crippen molar-refractivity contribution in [2.24, 2.45) is 0 Å². The summed E-state index contributed by atoms with van der Waals surface area (Å²) in [5.74, 6) is 1.46. The second-order valence-electron chi connectivity index (χ2n) is 4.72. The lowest BCUT2D eigenvalue weighted by Gasteiger charge is -2.19.